The summed E-state index contributed by atoms with van der Waals surface area (Å²) in [6.45, 7) is 5.85. The molecule has 1 fully saturated rings. The maximum absolute atomic E-state index is 16.5. The van der Waals surface area contributed by atoms with E-state index in [0.29, 0.717) is 34.0 Å². The number of piperazine rings is 1. The molecule has 8 heteroatoms. The lowest BCUT2D eigenvalue weighted by molar-refractivity contribution is 0.372. The predicted octanol–water partition coefficient (Wildman–Crippen LogP) is 5.72. The summed E-state index contributed by atoms with van der Waals surface area (Å²) in [4.78, 5) is 16.8. The summed E-state index contributed by atoms with van der Waals surface area (Å²) in [5.41, 5.74) is 1.77. The van der Waals surface area contributed by atoms with Crippen molar-refractivity contribution >= 4 is 39.3 Å². The smallest absolute Gasteiger partial charge is 0.190 e. The van der Waals surface area contributed by atoms with E-state index in [-0.39, 0.29) is 22.8 Å². The fraction of sp³-hybridized carbons (Fsp3) is 0.345. The van der Waals surface area contributed by atoms with Gasteiger partial charge in [-0.05, 0) is 36.5 Å². The van der Waals surface area contributed by atoms with Gasteiger partial charge >= 0.3 is 0 Å². The highest BCUT2D eigenvalue weighted by Gasteiger charge is 2.34. The number of halogens is 2. The third-order valence-corrected chi connectivity index (χ3v) is 8.20. The monoisotopic (exact) mass is 515 g/mol. The highest BCUT2D eigenvalue weighted by atomic mass is 32.2. The Kier molecular flexibility index (Phi) is 6.21. The van der Waals surface area contributed by atoms with Crippen LogP contribution in [0.4, 0.5) is 14.6 Å². The second-order valence-corrected chi connectivity index (χ2v) is 10.8. The van der Waals surface area contributed by atoms with Gasteiger partial charge in [0.15, 0.2) is 11.0 Å². The van der Waals surface area contributed by atoms with Crippen molar-refractivity contribution in [1.29, 1.82) is 0 Å². The summed E-state index contributed by atoms with van der Waals surface area (Å²) < 4.78 is 31.2. The zero-order valence-corrected chi connectivity index (χ0v) is 21.6. The topological polar surface area (TPSA) is 53.9 Å². The van der Waals surface area contributed by atoms with Crippen LogP contribution in [-0.4, -0.2) is 45.9 Å². The number of pyridine rings is 1. The van der Waals surface area contributed by atoms with E-state index in [1.165, 1.54) is 17.8 Å². The normalized spacial score (nSPS) is 19.1. The number of terminal acetylenes is 1. The molecular weight excluding hydrogens is 488 g/mol. The number of hydrogen-bond acceptors (Lipinski definition) is 6. The molecule has 0 aliphatic carbocycles. The van der Waals surface area contributed by atoms with Crippen LogP contribution >= 0.6 is 11.8 Å². The van der Waals surface area contributed by atoms with Crippen LogP contribution in [-0.2, 0) is 6.42 Å². The first-order chi connectivity index (χ1) is 18.0. The number of anilines is 1. The molecule has 0 bridgehead atoms. The predicted molar refractivity (Wildman–Crippen MR) is 146 cm³/mol. The highest BCUT2D eigenvalue weighted by Crippen LogP contribution is 2.40. The van der Waals surface area contributed by atoms with Crippen molar-refractivity contribution in [3.63, 3.8) is 0 Å². The van der Waals surface area contributed by atoms with Crippen molar-refractivity contribution in [3.8, 4) is 23.6 Å². The van der Waals surface area contributed by atoms with E-state index in [1.54, 1.807) is 12.1 Å². The minimum Gasteiger partial charge on any atom is -0.350 e. The Morgan fingerprint density at radius 2 is 2.00 bits per heavy atom. The van der Waals surface area contributed by atoms with Crippen molar-refractivity contribution in [3.05, 3.63) is 53.2 Å². The number of fused-ring (bicyclic) bond motifs is 3. The van der Waals surface area contributed by atoms with Gasteiger partial charge in [0.1, 0.15) is 22.8 Å². The molecule has 2 aromatic heterocycles. The van der Waals surface area contributed by atoms with E-state index in [2.05, 4.69) is 23.1 Å². The molecule has 2 aliphatic rings. The zero-order chi connectivity index (χ0) is 25.7. The van der Waals surface area contributed by atoms with Crippen LogP contribution in [0.25, 0.3) is 32.9 Å². The minimum atomic E-state index is -0.527. The van der Waals surface area contributed by atoms with E-state index in [1.807, 2.05) is 19.1 Å². The Balaban J connectivity index is 1.65. The van der Waals surface area contributed by atoms with Gasteiger partial charge in [0.2, 0.25) is 0 Å². The number of benzene rings is 2. The highest BCUT2D eigenvalue weighted by molar-refractivity contribution is 7.99. The molecule has 188 valence electrons. The van der Waals surface area contributed by atoms with Gasteiger partial charge in [-0.15, -0.1) is 6.42 Å². The number of aryl methyl sites for hydroxylation is 1. The van der Waals surface area contributed by atoms with Crippen molar-refractivity contribution < 1.29 is 8.78 Å². The SMILES string of the molecule is C#Cc1c(F)ccc2cccc(-c3nc4c5c(nc(SCC)nc5c3F)N3C[C@@H](CC)NC[C@@H]3CC4)c12. The average Bonchev–Trinajstić information content (AvgIpc) is 3.07. The lowest BCUT2D eigenvalue weighted by Crippen LogP contribution is -2.56. The van der Waals surface area contributed by atoms with Gasteiger partial charge in [-0.25, -0.2) is 23.7 Å². The fourth-order valence-electron chi connectivity index (χ4n) is 5.62. The van der Waals surface area contributed by atoms with Crippen LogP contribution < -0.4 is 10.2 Å². The molecule has 2 aliphatic heterocycles. The molecule has 2 aromatic carbocycles. The second kappa shape index (κ2) is 9.55. The summed E-state index contributed by atoms with van der Waals surface area (Å²) in [7, 11) is 0. The Labute approximate surface area is 219 Å². The van der Waals surface area contributed by atoms with Gasteiger partial charge in [0.25, 0.3) is 0 Å². The van der Waals surface area contributed by atoms with Gasteiger partial charge in [0, 0.05) is 36.1 Å². The molecule has 5 nitrogen and oxygen atoms in total. The number of rotatable bonds is 4. The number of nitrogens with zero attached hydrogens (tertiary/aromatic N) is 4. The van der Waals surface area contributed by atoms with Gasteiger partial charge in [-0.3, -0.25) is 0 Å². The molecule has 4 heterocycles. The quantitative estimate of drug-likeness (QED) is 0.213. The molecule has 0 saturated carbocycles. The molecule has 6 rings (SSSR count). The van der Waals surface area contributed by atoms with E-state index in [9.17, 15) is 4.39 Å². The average molecular weight is 516 g/mol. The first-order valence-corrected chi connectivity index (χ1v) is 13.7. The number of hydrogen-bond donors (Lipinski definition) is 1. The van der Waals surface area contributed by atoms with Crippen LogP contribution in [0.15, 0.2) is 35.5 Å². The molecule has 1 N–H and O–H groups in total. The summed E-state index contributed by atoms with van der Waals surface area (Å²) in [5, 5.41) is 6.10. The number of nitrogens with one attached hydrogen (secondary N) is 1. The lowest BCUT2D eigenvalue weighted by atomic mass is 9.95. The van der Waals surface area contributed by atoms with E-state index in [0.717, 1.165) is 48.6 Å². The van der Waals surface area contributed by atoms with E-state index in [4.69, 9.17) is 21.4 Å². The largest absolute Gasteiger partial charge is 0.350 e. The Hall–Kier alpha value is -3.28. The molecule has 37 heavy (non-hydrogen) atoms. The van der Waals surface area contributed by atoms with Gasteiger partial charge in [-0.2, -0.15) is 0 Å². The van der Waals surface area contributed by atoms with Gasteiger partial charge < -0.3 is 10.2 Å². The number of thioether (sulfide) groups is 1. The van der Waals surface area contributed by atoms with Gasteiger partial charge in [-0.1, -0.05) is 55.8 Å². The Bertz CT molecular complexity index is 1580. The molecule has 1 saturated heterocycles. The Morgan fingerprint density at radius 1 is 1.14 bits per heavy atom. The second-order valence-electron chi connectivity index (χ2n) is 9.54. The standard InChI is InChI=1S/C29H27F2N5S/c1-4-17-15-36-18(14-32-17)11-13-22-24-27(34-29(37-6-3)35-28(24)36)25(31)26(33-22)20-9-7-8-16-10-12-21(30)19(5-2)23(16)20/h2,7-10,12,17-18,32H,4,6,11,13-15H2,1,3H3/t17-,18+/m1/s1. The van der Waals surface area contributed by atoms with Crippen LogP contribution in [0, 0.1) is 24.0 Å². The molecule has 0 amide bonds. The van der Waals surface area contributed by atoms with Crippen molar-refractivity contribution in [1.82, 2.24) is 20.3 Å². The van der Waals surface area contributed by atoms with Crippen LogP contribution in [0.2, 0.25) is 0 Å². The van der Waals surface area contributed by atoms with Crippen LogP contribution in [0.5, 0.6) is 0 Å². The molecule has 2 atom stereocenters. The first kappa shape index (κ1) is 24.1. The first-order valence-electron chi connectivity index (χ1n) is 12.7. The van der Waals surface area contributed by atoms with Crippen molar-refractivity contribution in [2.45, 2.75) is 50.4 Å². The molecule has 0 unspecified atom stereocenters. The van der Waals surface area contributed by atoms with E-state index < -0.39 is 11.6 Å². The lowest BCUT2D eigenvalue weighted by Gasteiger charge is -2.40. The van der Waals surface area contributed by atoms with E-state index >= 15 is 4.39 Å². The maximum atomic E-state index is 16.5. The van der Waals surface area contributed by atoms with Crippen LogP contribution in [0.1, 0.15) is 37.9 Å². The summed E-state index contributed by atoms with van der Waals surface area (Å²) in [5.74, 6) is 2.97. The summed E-state index contributed by atoms with van der Waals surface area (Å²) in [6.07, 6.45) is 8.24. The molecule has 0 spiro atoms. The van der Waals surface area contributed by atoms with Crippen molar-refractivity contribution in [2.75, 3.05) is 23.7 Å². The molecule has 0 radical (unpaired) electrons. The third kappa shape index (κ3) is 3.92. The molecule has 4 aromatic rings. The van der Waals surface area contributed by atoms with Crippen molar-refractivity contribution in [2.24, 2.45) is 0 Å². The molecular formula is C29H27F2N5S. The Morgan fingerprint density at radius 3 is 2.78 bits per heavy atom. The van der Waals surface area contributed by atoms with Crippen LogP contribution in [0.3, 0.4) is 0 Å². The maximum Gasteiger partial charge on any atom is 0.190 e. The number of aromatic nitrogens is 3. The minimum absolute atomic E-state index is 0.111. The third-order valence-electron chi connectivity index (χ3n) is 7.47. The van der Waals surface area contributed by atoms with Gasteiger partial charge in [0.05, 0.1) is 16.6 Å². The summed E-state index contributed by atoms with van der Waals surface area (Å²) in [6, 6.07) is 9.01. The fourth-order valence-corrected chi connectivity index (χ4v) is 6.18. The summed E-state index contributed by atoms with van der Waals surface area (Å²) >= 11 is 1.50. The zero-order valence-electron chi connectivity index (χ0n) is 20.8.